The Labute approximate surface area is 83.0 Å². The molecule has 3 nitrogen and oxygen atoms in total. The summed E-state index contributed by atoms with van der Waals surface area (Å²) in [5, 5.41) is 18.1. The molecule has 0 radical (unpaired) electrons. The molecule has 2 N–H and O–H groups in total. The molecule has 1 rings (SSSR count). The highest BCUT2D eigenvalue weighted by molar-refractivity contribution is 5.67. The van der Waals surface area contributed by atoms with E-state index in [9.17, 15) is 9.90 Å². The number of phenolic OH excluding ortho intramolecular Hbond substituents is 1. The Bertz CT molecular complexity index is 356. The number of carboxylic acids is 1. The molecule has 1 aromatic carbocycles. The zero-order valence-corrected chi connectivity index (χ0v) is 8.37. The van der Waals surface area contributed by atoms with Gasteiger partial charge in [0.05, 0.1) is 0 Å². The lowest BCUT2D eigenvalue weighted by atomic mass is 9.98. The van der Waals surface area contributed by atoms with Gasteiger partial charge >= 0.3 is 5.97 Å². The minimum absolute atomic E-state index is 0.0534. The van der Waals surface area contributed by atoms with Crippen LogP contribution in [0.2, 0.25) is 0 Å². The fourth-order valence-electron chi connectivity index (χ4n) is 1.41. The first-order chi connectivity index (χ1) is 6.52. The third-order valence-corrected chi connectivity index (χ3v) is 2.43. The summed E-state index contributed by atoms with van der Waals surface area (Å²) in [5.74, 6) is -0.653. The van der Waals surface area contributed by atoms with Gasteiger partial charge in [-0.25, -0.2) is 0 Å². The van der Waals surface area contributed by atoms with Crippen LogP contribution < -0.4 is 0 Å². The van der Waals surface area contributed by atoms with E-state index in [1.165, 1.54) is 0 Å². The van der Waals surface area contributed by atoms with Gasteiger partial charge in [-0.2, -0.15) is 0 Å². The summed E-state index contributed by atoms with van der Waals surface area (Å²) in [4.78, 5) is 10.4. The molecule has 0 aliphatic rings. The molecule has 0 fully saturated rings. The monoisotopic (exact) mass is 194 g/mol. The van der Waals surface area contributed by atoms with Gasteiger partial charge < -0.3 is 10.2 Å². The molecule has 0 unspecified atom stereocenters. The summed E-state index contributed by atoms with van der Waals surface area (Å²) in [6.07, 6.45) is 0.437. The van der Waals surface area contributed by atoms with E-state index in [4.69, 9.17) is 5.11 Å². The maximum atomic E-state index is 10.4. The van der Waals surface area contributed by atoms with Crippen molar-refractivity contribution in [1.82, 2.24) is 0 Å². The maximum Gasteiger partial charge on any atom is 0.303 e. The van der Waals surface area contributed by atoms with Crippen LogP contribution in [0.15, 0.2) is 12.1 Å². The van der Waals surface area contributed by atoms with E-state index in [-0.39, 0.29) is 12.2 Å². The van der Waals surface area contributed by atoms with Gasteiger partial charge in [0.15, 0.2) is 0 Å². The first-order valence-corrected chi connectivity index (χ1v) is 4.52. The third kappa shape index (κ3) is 2.25. The van der Waals surface area contributed by atoms with Gasteiger partial charge in [-0.05, 0) is 43.0 Å². The van der Waals surface area contributed by atoms with Crippen LogP contribution in [-0.2, 0) is 11.2 Å². The van der Waals surface area contributed by atoms with Gasteiger partial charge in [0, 0.05) is 6.42 Å². The topological polar surface area (TPSA) is 57.5 Å². The molecular formula is C11H14O3. The van der Waals surface area contributed by atoms with E-state index in [1.807, 2.05) is 19.9 Å². The summed E-state index contributed by atoms with van der Waals surface area (Å²) in [6, 6.07) is 3.44. The standard InChI is InChI=1S/C11H14O3/c1-7-3-5-10(12)9(8(7)2)4-6-11(13)14/h3,5,12H,4,6H2,1-2H3,(H,13,14). The van der Waals surface area contributed by atoms with E-state index in [1.54, 1.807) is 6.07 Å². The fourth-order valence-corrected chi connectivity index (χ4v) is 1.41. The average molecular weight is 194 g/mol. The van der Waals surface area contributed by atoms with Crippen LogP contribution in [0, 0.1) is 13.8 Å². The van der Waals surface area contributed by atoms with Crippen molar-refractivity contribution in [3.63, 3.8) is 0 Å². The first-order valence-electron chi connectivity index (χ1n) is 4.52. The Morgan fingerprint density at radius 3 is 2.57 bits per heavy atom. The van der Waals surface area contributed by atoms with Gasteiger partial charge in [-0.15, -0.1) is 0 Å². The van der Waals surface area contributed by atoms with E-state index in [2.05, 4.69) is 0 Å². The molecule has 14 heavy (non-hydrogen) atoms. The SMILES string of the molecule is Cc1ccc(O)c(CCC(=O)O)c1C. The number of hydrogen-bond donors (Lipinski definition) is 2. The van der Waals surface area contributed by atoms with Gasteiger partial charge in [0.1, 0.15) is 5.75 Å². The van der Waals surface area contributed by atoms with Crippen molar-refractivity contribution < 1.29 is 15.0 Å². The third-order valence-electron chi connectivity index (χ3n) is 2.43. The smallest absolute Gasteiger partial charge is 0.303 e. The summed E-state index contributed by atoms with van der Waals surface area (Å²) in [7, 11) is 0. The second kappa shape index (κ2) is 4.13. The second-order valence-corrected chi connectivity index (χ2v) is 3.40. The highest BCUT2D eigenvalue weighted by Crippen LogP contribution is 2.24. The van der Waals surface area contributed by atoms with E-state index < -0.39 is 5.97 Å². The van der Waals surface area contributed by atoms with Crippen molar-refractivity contribution in [3.05, 3.63) is 28.8 Å². The van der Waals surface area contributed by atoms with Crippen LogP contribution in [0.4, 0.5) is 0 Å². The number of aliphatic carboxylic acids is 1. The number of aryl methyl sites for hydroxylation is 1. The molecule has 0 spiro atoms. The zero-order chi connectivity index (χ0) is 10.7. The van der Waals surface area contributed by atoms with Gasteiger partial charge in [-0.1, -0.05) is 6.07 Å². The van der Waals surface area contributed by atoms with Gasteiger partial charge in [-0.3, -0.25) is 4.79 Å². The van der Waals surface area contributed by atoms with Crippen molar-refractivity contribution in [2.45, 2.75) is 26.7 Å². The summed E-state index contributed by atoms with van der Waals surface area (Å²) < 4.78 is 0. The van der Waals surface area contributed by atoms with Gasteiger partial charge in [0.2, 0.25) is 0 Å². The number of carboxylic acid groups (broad SMARTS) is 1. The maximum absolute atomic E-state index is 10.4. The fraction of sp³-hybridized carbons (Fsp3) is 0.364. The predicted molar refractivity (Wildman–Crippen MR) is 53.5 cm³/mol. The molecule has 1 aromatic rings. The van der Waals surface area contributed by atoms with E-state index in [0.29, 0.717) is 6.42 Å². The molecule has 0 bridgehead atoms. The molecule has 0 atom stereocenters. The molecular weight excluding hydrogens is 180 g/mol. The van der Waals surface area contributed by atoms with E-state index >= 15 is 0 Å². The Balaban J connectivity index is 2.95. The summed E-state index contributed by atoms with van der Waals surface area (Å²) >= 11 is 0. The lowest BCUT2D eigenvalue weighted by Gasteiger charge is -2.09. The molecule has 0 saturated carbocycles. The van der Waals surface area contributed by atoms with Gasteiger partial charge in [0.25, 0.3) is 0 Å². The number of carbonyl (C=O) groups is 1. The summed E-state index contributed by atoms with van der Waals surface area (Å²) in [6.45, 7) is 3.84. The zero-order valence-electron chi connectivity index (χ0n) is 8.37. The number of phenols is 1. The number of benzene rings is 1. The van der Waals surface area contributed by atoms with Crippen molar-refractivity contribution in [3.8, 4) is 5.75 Å². The highest BCUT2D eigenvalue weighted by Gasteiger charge is 2.08. The average Bonchev–Trinajstić information content (AvgIpc) is 2.11. The number of rotatable bonds is 3. The highest BCUT2D eigenvalue weighted by atomic mass is 16.4. The molecule has 0 saturated heterocycles. The molecule has 3 heteroatoms. The molecule has 0 aliphatic heterocycles. The quantitative estimate of drug-likeness (QED) is 0.774. The minimum atomic E-state index is -0.842. The van der Waals surface area contributed by atoms with Crippen molar-refractivity contribution in [2.24, 2.45) is 0 Å². The lowest BCUT2D eigenvalue weighted by molar-refractivity contribution is -0.136. The molecule has 0 heterocycles. The minimum Gasteiger partial charge on any atom is -0.508 e. The lowest BCUT2D eigenvalue weighted by Crippen LogP contribution is -2.00. The molecule has 76 valence electrons. The summed E-state index contributed by atoms with van der Waals surface area (Å²) in [5.41, 5.74) is 2.79. The predicted octanol–water partition coefficient (Wildman–Crippen LogP) is 2.03. The van der Waals surface area contributed by atoms with Crippen molar-refractivity contribution in [1.29, 1.82) is 0 Å². The number of aromatic hydroxyl groups is 1. The van der Waals surface area contributed by atoms with Crippen LogP contribution in [0.5, 0.6) is 5.75 Å². The first kappa shape index (κ1) is 10.6. The molecule has 0 aromatic heterocycles. The largest absolute Gasteiger partial charge is 0.508 e. The second-order valence-electron chi connectivity index (χ2n) is 3.40. The van der Waals surface area contributed by atoms with Crippen molar-refractivity contribution in [2.75, 3.05) is 0 Å². The Morgan fingerprint density at radius 2 is 2.00 bits per heavy atom. The Morgan fingerprint density at radius 1 is 1.36 bits per heavy atom. The van der Waals surface area contributed by atoms with Crippen LogP contribution in [0.3, 0.4) is 0 Å². The Kier molecular flexibility index (Phi) is 3.12. The van der Waals surface area contributed by atoms with Crippen LogP contribution in [-0.4, -0.2) is 16.2 Å². The number of hydrogen-bond acceptors (Lipinski definition) is 2. The van der Waals surface area contributed by atoms with Crippen LogP contribution >= 0.6 is 0 Å². The van der Waals surface area contributed by atoms with E-state index in [0.717, 1.165) is 16.7 Å². The van der Waals surface area contributed by atoms with Crippen molar-refractivity contribution >= 4 is 5.97 Å². The Hall–Kier alpha value is -1.51. The normalized spacial score (nSPS) is 10.1. The van der Waals surface area contributed by atoms with Crippen LogP contribution in [0.25, 0.3) is 0 Å². The molecule has 0 aliphatic carbocycles. The van der Waals surface area contributed by atoms with Crippen LogP contribution in [0.1, 0.15) is 23.1 Å². The molecule has 0 amide bonds.